The van der Waals surface area contributed by atoms with Crippen LogP contribution in [0.5, 0.6) is 11.5 Å². The molecule has 0 aromatic heterocycles. The largest absolute Gasteiger partial charge is 0.493 e. The molecule has 138 valence electrons. The van der Waals surface area contributed by atoms with Crippen LogP contribution in [-0.4, -0.2) is 37.7 Å². The van der Waals surface area contributed by atoms with Crippen molar-refractivity contribution in [3.05, 3.63) is 23.8 Å². The van der Waals surface area contributed by atoms with Crippen molar-refractivity contribution >= 4 is 11.9 Å². The number of amides is 1. The number of hydrogen-bond acceptors (Lipinski definition) is 4. The molecule has 1 aliphatic rings. The number of ether oxygens (including phenoxy) is 2. The van der Waals surface area contributed by atoms with E-state index >= 15 is 0 Å². The van der Waals surface area contributed by atoms with Crippen molar-refractivity contribution in [3.8, 4) is 11.5 Å². The van der Waals surface area contributed by atoms with Crippen LogP contribution in [0.4, 0.5) is 0 Å². The molecular formula is C19H27NO5. The average molecular weight is 349 g/mol. The van der Waals surface area contributed by atoms with Crippen LogP contribution in [0.3, 0.4) is 0 Å². The first-order valence-corrected chi connectivity index (χ1v) is 8.29. The lowest BCUT2D eigenvalue weighted by Gasteiger charge is -2.26. The summed E-state index contributed by atoms with van der Waals surface area (Å²) < 4.78 is 10.6. The molecule has 6 heteroatoms. The Morgan fingerprint density at radius 2 is 1.76 bits per heavy atom. The van der Waals surface area contributed by atoms with Gasteiger partial charge in [-0.05, 0) is 23.1 Å². The van der Waals surface area contributed by atoms with Crippen molar-refractivity contribution in [3.63, 3.8) is 0 Å². The van der Waals surface area contributed by atoms with Crippen molar-refractivity contribution in [2.24, 2.45) is 17.3 Å². The van der Waals surface area contributed by atoms with E-state index in [9.17, 15) is 14.7 Å². The average Bonchev–Trinajstić information content (AvgIpc) is 3.14. The van der Waals surface area contributed by atoms with E-state index in [0.29, 0.717) is 18.0 Å². The Kier molecular flexibility index (Phi) is 5.02. The number of carboxylic acids is 1. The Morgan fingerprint density at radius 3 is 2.24 bits per heavy atom. The van der Waals surface area contributed by atoms with Crippen LogP contribution in [-0.2, 0) is 15.0 Å². The number of nitrogens with one attached hydrogen (secondary N) is 1. The predicted molar refractivity (Wildman–Crippen MR) is 94.0 cm³/mol. The Labute approximate surface area is 148 Å². The van der Waals surface area contributed by atoms with Crippen LogP contribution in [0, 0.1) is 17.3 Å². The molecule has 2 rings (SSSR count). The third-order valence-corrected chi connectivity index (χ3v) is 5.25. The fraction of sp³-hybridized carbons (Fsp3) is 0.579. The third kappa shape index (κ3) is 3.57. The van der Waals surface area contributed by atoms with E-state index < -0.39 is 23.2 Å². The zero-order valence-electron chi connectivity index (χ0n) is 15.7. The minimum Gasteiger partial charge on any atom is -0.493 e. The number of aliphatic carboxylic acids is 1. The summed E-state index contributed by atoms with van der Waals surface area (Å²) in [5.74, 6) is -0.929. The van der Waals surface area contributed by atoms with E-state index in [1.165, 1.54) is 0 Å². The van der Waals surface area contributed by atoms with Gasteiger partial charge in [-0.2, -0.15) is 0 Å². The first-order valence-electron chi connectivity index (χ1n) is 8.29. The van der Waals surface area contributed by atoms with Gasteiger partial charge in [0, 0.05) is 12.0 Å². The number of carbonyl (C=O) groups is 2. The zero-order chi connectivity index (χ0) is 19.0. The predicted octanol–water partition coefficient (Wildman–Crippen LogP) is 2.45. The number of benzene rings is 1. The fourth-order valence-electron chi connectivity index (χ4n) is 3.37. The normalized spacial score (nSPS) is 21.4. The van der Waals surface area contributed by atoms with Crippen molar-refractivity contribution in [1.29, 1.82) is 0 Å². The van der Waals surface area contributed by atoms with Crippen LogP contribution in [0.15, 0.2) is 18.2 Å². The van der Waals surface area contributed by atoms with Gasteiger partial charge < -0.3 is 19.9 Å². The molecule has 1 aromatic rings. The number of methoxy groups -OCH3 is 2. The van der Waals surface area contributed by atoms with Crippen LogP contribution < -0.4 is 14.8 Å². The van der Waals surface area contributed by atoms with Crippen molar-refractivity contribution in [2.75, 3.05) is 20.8 Å². The summed E-state index contributed by atoms with van der Waals surface area (Å²) in [4.78, 5) is 23.7. The Hall–Kier alpha value is -2.24. The van der Waals surface area contributed by atoms with Crippen LogP contribution in [0.1, 0.15) is 33.3 Å². The quantitative estimate of drug-likeness (QED) is 0.790. The summed E-state index contributed by atoms with van der Waals surface area (Å²) in [6.07, 6.45) is 0. The van der Waals surface area contributed by atoms with Crippen molar-refractivity contribution in [2.45, 2.75) is 33.1 Å². The van der Waals surface area contributed by atoms with Gasteiger partial charge in [0.15, 0.2) is 11.5 Å². The molecule has 2 N–H and O–H groups in total. The van der Waals surface area contributed by atoms with E-state index in [-0.39, 0.29) is 11.3 Å². The maximum Gasteiger partial charge on any atom is 0.307 e. The monoisotopic (exact) mass is 349 g/mol. The second-order valence-electron chi connectivity index (χ2n) is 7.79. The highest BCUT2D eigenvalue weighted by atomic mass is 16.5. The Bertz CT molecular complexity index is 680. The maximum atomic E-state index is 12.4. The van der Waals surface area contributed by atoms with Gasteiger partial charge in [-0.15, -0.1) is 0 Å². The molecule has 1 fully saturated rings. The second-order valence-corrected chi connectivity index (χ2v) is 7.79. The van der Waals surface area contributed by atoms with Crippen LogP contribution in [0.25, 0.3) is 0 Å². The molecule has 2 atom stereocenters. The molecule has 25 heavy (non-hydrogen) atoms. The molecule has 0 radical (unpaired) electrons. The lowest BCUT2D eigenvalue weighted by Crippen LogP contribution is -2.38. The Morgan fingerprint density at radius 1 is 1.16 bits per heavy atom. The summed E-state index contributed by atoms with van der Waals surface area (Å²) in [6.45, 7) is 8.06. The smallest absolute Gasteiger partial charge is 0.307 e. The van der Waals surface area contributed by atoms with Crippen molar-refractivity contribution in [1.82, 2.24) is 5.32 Å². The van der Waals surface area contributed by atoms with Gasteiger partial charge in [0.1, 0.15) is 0 Å². The molecule has 1 saturated carbocycles. The second kappa shape index (κ2) is 6.58. The van der Waals surface area contributed by atoms with Gasteiger partial charge in [-0.25, -0.2) is 0 Å². The van der Waals surface area contributed by atoms with Gasteiger partial charge in [0.25, 0.3) is 0 Å². The SMILES string of the molecule is COc1ccc(C(C)(C)CNC(=O)[C@@H]2[C@H](C(=O)O)C2(C)C)cc1OC. The highest BCUT2D eigenvalue weighted by Gasteiger charge is 2.65. The molecular weight excluding hydrogens is 322 g/mol. The molecule has 0 saturated heterocycles. The minimum absolute atomic E-state index is 0.203. The first kappa shape index (κ1) is 19.1. The minimum atomic E-state index is -0.913. The molecule has 1 aromatic carbocycles. The molecule has 0 bridgehead atoms. The van der Waals surface area contributed by atoms with Gasteiger partial charge in [-0.3, -0.25) is 9.59 Å². The number of carboxylic acid groups (broad SMARTS) is 1. The van der Waals surface area contributed by atoms with Crippen molar-refractivity contribution < 1.29 is 24.2 Å². The molecule has 0 spiro atoms. The standard InChI is InChI=1S/C19H27NO5/c1-18(2,11-7-8-12(24-5)13(9-11)25-6)10-20-16(21)14-15(17(22)23)19(14,3)4/h7-9,14-15H,10H2,1-6H3,(H,20,21)(H,22,23)/t14-,15+/m0/s1. The van der Waals surface area contributed by atoms with E-state index in [0.717, 1.165) is 5.56 Å². The topological polar surface area (TPSA) is 84.9 Å². The molecule has 6 nitrogen and oxygen atoms in total. The van der Waals surface area contributed by atoms with Gasteiger partial charge >= 0.3 is 5.97 Å². The van der Waals surface area contributed by atoms with E-state index in [2.05, 4.69) is 5.32 Å². The number of rotatable bonds is 7. The summed E-state index contributed by atoms with van der Waals surface area (Å²) in [6, 6.07) is 5.67. The van der Waals surface area contributed by atoms with Gasteiger partial charge in [-0.1, -0.05) is 33.8 Å². The zero-order valence-corrected chi connectivity index (χ0v) is 15.7. The first-order chi connectivity index (χ1) is 11.6. The number of hydrogen-bond donors (Lipinski definition) is 2. The highest BCUT2D eigenvalue weighted by Crippen LogP contribution is 2.58. The molecule has 1 aliphatic carbocycles. The highest BCUT2D eigenvalue weighted by molar-refractivity contribution is 5.91. The summed E-state index contributed by atoms with van der Waals surface area (Å²) in [5.41, 5.74) is 0.159. The third-order valence-electron chi connectivity index (χ3n) is 5.25. The van der Waals surface area contributed by atoms with Gasteiger partial charge in [0.2, 0.25) is 5.91 Å². The summed E-state index contributed by atoms with van der Waals surface area (Å²) in [7, 11) is 3.16. The van der Waals surface area contributed by atoms with E-state index in [4.69, 9.17) is 9.47 Å². The molecule has 0 unspecified atom stereocenters. The van der Waals surface area contributed by atoms with E-state index in [1.54, 1.807) is 14.2 Å². The molecule has 0 aliphatic heterocycles. The van der Waals surface area contributed by atoms with Gasteiger partial charge in [0.05, 0.1) is 26.1 Å². The summed E-state index contributed by atoms with van der Waals surface area (Å²) in [5, 5.41) is 12.1. The van der Waals surface area contributed by atoms with Crippen LogP contribution in [0.2, 0.25) is 0 Å². The molecule has 1 amide bonds. The lowest BCUT2D eigenvalue weighted by molar-refractivity contribution is -0.140. The molecule has 0 heterocycles. The lowest BCUT2D eigenvalue weighted by atomic mass is 9.84. The maximum absolute atomic E-state index is 12.4. The van der Waals surface area contributed by atoms with E-state index in [1.807, 2.05) is 45.9 Å². The fourth-order valence-corrected chi connectivity index (χ4v) is 3.37. The van der Waals surface area contributed by atoms with Crippen LogP contribution >= 0.6 is 0 Å². The number of carbonyl (C=O) groups excluding carboxylic acids is 1. The Balaban J connectivity index is 2.07. The summed E-state index contributed by atoms with van der Waals surface area (Å²) >= 11 is 0.